The molecular formula is C24H30F3N7O. The number of hydrogen-bond donors (Lipinski definition) is 2. The van der Waals surface area contributed by atoms with Gasteiger partial charge in [0, 0.05) is 38.9 Å². The predicted molar refractivity (Wildman–Crippen MR) is 132 cm³/mol. The van der Waals surface area contributed by atoms with Crippen molar-refractivity contribution in [1.82, 2.24) is 19.4 Å². The van der Waals surface area contributed by atoms with Gasteiger partial charge in [0.1, 0.15) is 23.0 Å². The number of piperazine rings is 1. The van der Waals surface area contributed by atoms with Gasteiger partial charge >= 0.3 is 6.18 Å². The third-order valence-corrected chi connectivity index (χ3v) is 6.48. The monoisotopic (exact) mass is 489 g/mol. The lowest BCUT2D eigenvalue weighted by Gasteiger charge is -2.36. The molecule has 8 nitrogen and oxygen atoms in total. The summed E-state index contributed by atoms with van der Waals surface area (Å²) in [6, 6.07) is 4.81. The molecule has 1 saturated heterocycles. The minimum Gasteiger partial charge on any atom is -0.399 e. The predicted octanol–water partition coefficient (Wildman–Crippen LogP) is 3.55. The first-order valence-electron chi connectivity index (χ1n) is 11.6. The van der Waals surface area contributed by atoms with Crippen LogP contribution >= 0.6 is 0 Å². The second-order valence-electron chi connectivity index (χ2n) is 8.92. The standard InChI is InChI=1S/C24H30F3N7O/c1-5-33-6-8-34(9-7-33)20-13-19-21(23(35)32(20)4)30-15(3)31-22(19)29-14(2)16-10-17(24(25,26)27)12-18(28)11-16/h10-14H,5-9,28H2,1-4H3,(H,29,30,31)/t14-/m1/s1. The SMILES string of the molecule is CCN1CCN(c2cc3c(N[C@H](C)c4cc(N)cc(C(F)(F)F)c4)nc(C)nc3c(=O)n2C)CC1. The van der Waals surface area contributed by atoms with Crippen molar-refractivity contribution in [2.45, 2.75) is 33.0 Å². The van der Waals surface area contributed by atoms with Gasteiger partial charge in [0.2, 0.25) is 0 Å². The Hall–Kier alpha value is -3.34. The highest BCUT2D eigenvalue weighted by Crippen LogP contribution is 2.34. The molecule has 11 heteroatoms. The van der Waals surface area contributed by atoms with Crippen LogP contribution in [-0.2, 0) is 13.2 Å². The maximum atomic E-state index is 13.3. The van der Waals surface area contributed by atoms with Crippen LogP contribution in [0.4, 0.5) is 30.5 Å². The van der Waals surface area contributed by atoms with Gasteiger partial charge in [0.05, 0.1) is 17.0 Å². The van der Waals surface area contributed by atoms with E-state index in [-0.39, 0.29) is 16.8 Å². The number of nitrogens with zero attached hydrogens (tertiary/aromatic N) is 5. The summed E-state index contributed by atoms with van der Waals surface area (Å²) in [7, 11) is 1.72. The molecule has 35 heavy (non-hydrogen) atoms. The molecule has 3 heterocycles. The molecule has 1 aliphatic rings. The first-order chi connectivity index (χ1) is 16.5. The molecule has 1 aliphatic heterocycles. The van der Waals surface area contributed by atoms with E-state index in [1.165, 1.54) is 6.07 Å². The Labute approximate surface area is 201 Å². The Morgan fingerprint density at radius 3 is 2.43 bits per heavy atom. The molecule has 188 valence electrons. The molecule has 3 N–H and O–H groups in total. The highest BCUT2D eigenvalue weighted by Gasteiger charge is 2.31. The van der Waals surface area contributed by atoms with E-state index >= 15 is 0 Å². The lowest BCUT2D eigenvalue weighted by molar-refractivity contribution is -0.137. The Morgan fingerprint density at radius 1 is 1.11 bits per heavy atom. The molecular weight excluding hydrogens is 459 g/mol. The number of fused-ring (bicyclic) bond motifs is 1. The number of anilines is 3. The number of rotatable bonds is 5. The van der Waals surface area contributed by atoms with Gasteiger partial charge in [0.15, 0.2) is 0 Å². The summed E-state index contributed by atoms with van der Waals surface area (Å²) in [6.45, 7) is 9.85. The average molecular weight is 490 g/mol. The van der Waals surface area contributed by atoms with E-state index in [9.17, 15) is 18.0 Å². The molecule has 4 rings (SSSR count). The second-order valence-corrected chi connectivity index (χ2v) is 8.92. The molecule has 0 unspecified atom stereocenters. The fourth-order valence-corrected chi connectivity index (χ4v) is 4.46. The van der Waals surface area contributed by atoms with Gasteiger partial charge in [-0.3, -0.25) is 9.36 Å². The van der Waals surface area contributed by atoms with Gasteiger partial charge in [-0.25, -0.2) is 9.97 Å². The molecule has 0 saturated carbocycles. The first-order valence-corrected chi connectivity index (χ1v) is 11.6. The van der Waals surface area contributed by atoms with E-state index in [2.05, 4.69) is 32.0 Å². The number of hydrogen-bond acceptors (Lipinski definition) is 7. The van der Waals surface area contributed by atoms with Crippen LogP contribution in [0.2, 0.25) is 0 Å². The van der Waals surface area contributed by atoms with Crippen molar-refractivity contribution < 1.29 is 13.2 Å². The van der Waals surface area contributed by atoms with Crippen LogP contribution in [0.15, 0.2) is 29.1 Å². The molecule has 0 aliphatic carbocycles. The maximum absolute atomic E-state index is 13.3. The molecule has 1 aromatic carbocycles. The fourth-order valence-electron chi connectivity index (χ4n) is 4.46. The topological polar surface area (TPSA) is 92.3 Å². The number of nitrogens with one attached hydrogen (secondary N) is 1. The van der Waals surface area contributed by atoms with Crippen LogP contribution < -0.4 is 21.5 Å². The molecule has 3 aromatic rings. The van der Waals surface area contributed by atoms with Crippen molar-refractivity contribution in [3.8, 4) is 0 Å². The number of halogens is 3. The normalized spacial score (nSPS) is 16.0. The van der Waals surface area contributed by atoms with Crippen LogP contribution in [0.25, 0.3) is 10.9 Å². The van der Waals surface area contributed by atoms with E-state index in [0.29, 0.717) is 22.6 Å². The zero-order chi connectivity index (χ0) is 25.5. The smallest absolute Gasteiger partial charge is 0.399 e. The highest BCUT2D eigenvalue weighted by molar-refractivity contribution is 5.90. The van der Waals surface area contributed by atoms with Crippen LogP contribution in [0, 0.1) is 6.92 Å². The number of benzene rings is 1. The fraction of sp³-hybridized carbons (Fsp3) is 0.458. The van der Waals surface area contributed by atoms with Gasteiger partial charge in [-0.15, -0.1) is 0 Å². The van der Waals surface area contributed by atoms with Crippen molar-refractivity contribution in [3.63, 3.8) is 0 Å². The molecule has 2 aromatic heterocycles. The van der Waals surface area contributed by atoms with Crippen molar-refractivity contribution >= 4 is 28.2 Å². The van der Waals surface area contributed by atoms with E-state index in [1.54, 1.807) is 25.5 Å². The number of alkyl halides is 3. The molecule has 0 bridgehead atoms. The average Bonchev–Trinajstić information content (AvgIpc) is 2.81. The molecule has 1 atom stereocenters. The van der Waals surface area contributed by atoms with Gasteiger partial charge < -0.3 is 20.9 Å². The van der Waals surface area contributed by atoms with Crippen molar-refractivity contribution in [3.05, 3.63) is 51.6 Å². The summed E-state index contributed by atoms with van der Waals surface area (Å²) in [4.78, 5) is 26.6. The summed E-state index contributed by atoms with van der Waals surface area (Å²) in [5.74, 6) is 1.53. The summed E-state index contributed by atoms with van der Waals surface area (Å²) < 4.78 is 41.5. The number of aromatic nitrogens is 3. The lowest BCUT2D eigenvalue weighted by atomic mass is 10.0. The largest absolute Gasteiger partial charge is 0.416 e. The Kier molecular flexibility index (Phi) is 6.63. The zero-order valence-corrected chi connectivity index (χ0v) is 20.3. The number of likely N-dealkylation sites (N-methyl/N-ethyl adjacent to an activating group) is 1. The van der Waals surface area contributed by atoms with Crippen LogP contribution in [0.1, 0.15) is 36.8 Å². The Balaban J connectivity index is 1.75. The van der Waals surface area contributed by atoms with E-state index in [0.717, 1.165) is 50.7 Å². The second kappa shape index (κ2) is 9.37. The minimum absolute atomic E-state index is 0.0228. The van der Waals surface area contributed by atoms with E-state index < -0.39 is 17.8 Å². The summed E-state index contributed by atoms with van der Waals surface area (Å²) in [6.07, 6.45) is -4.51. The molecule has 0 radical (unpaired) electrons. The molecule has 1 fully saturated rings. The zero-order valence-electron chi connectivity index (χ0n) is 20.3. The van der Waals surface area contributed by atoms with Crippen LogP contribution in [0.5, 0.6) is 0 Å². The third-order valence-electron chi connectivity index (χ3n) is 6.48. The number of nitrogen functional groups attached to an aromatic ring is 1. The number of nitrogens with two attached hydrogens (primary N) is 1. The molecule has 0 spiro atoms. The minimum atomic E-state index is -4.51. The van der Waals surface area contributed by atoms with E-state index in [4.69, 9.17) is 5.73 Å². The highest BCUT2D eigenvalue weighted by atomic mass is 19.4. The number of pyridine rings is 1. The summed E-state index contributed by atoms with van der Waals surface area (Å²) in [5, 5.41) is 3.72. The van der Waals surface area contributed by atoms with Crippen molar-refractivity contribution in [1.29, 1.82) is 0 Å². The van der Waals surface area contributed by atoms with Gasteiger partial charge in [-0.2, -0.15) is 13.2 Å². The summed E-state index contributed by atoms with van der Waals surface area (Å²) in [5.41, 5.74) is 5.34. The Bertz CT molecular complexity index is 1300. The van der Waals surface area contributed by atoms with Crippen molar-refractivity contribution in [2.75, 3.05) is 48.7 Å². The number of aryl methyl sites for hydroxylation is 1. The third kappa shape index (κ3) is 5.04. The van der Waals surface area contributed by atoms with Crippen molar-refractivity contribution in [2.24, 2.45) is 7.05 Å². The van der Waals surface area contributed by atoms with Crippen LogP contribution in [0.3, 0.4) is 0 Å². The lowest BCUT2D eigenvalue weighted by Crippen LogP contribution is -2.47. The summed E-state index contributed by atoms with van der Waals surface area (Å²) >= 11 is 0. The maximum Gasteiger partial charge on any atom is 0.416 e. The molecule has 0 amide bonds. The van der Waals surface area contributed by atoms with Gasteiger partial charge in [-0.1, -0.05) is 6.92 Å². The Morgan fingerprint density at radius 2 is 1.80 bits per heavy atom. The van der Waals surface area contributed by atoms with Gasteiger partial charge in [0.25, 0.3) is 5.56 Å². The van der Waals surface area contributed by atoms with Gasteiger partial charge in [-0.05, 0) is 50.2 Å². The van der Waals surface area contributed by atoms with Crippen LogP contribution in [-0.4, -0.2) is 52.2 Å². The van der Waals surface area contributed by atoms with E-state index in [1.807, 2.05) is 6.07 Å². The quantitative estimate of drug-likeness (QED) is 0.530. The first kappa shape index (κ1) is 24.8.